The van der Waals surface area contributed by atoms with Gasteiger partial charge in [-0.3, -0.25) is 0 Å². The van der Waals surface area contributed by atoms with E-state index in [1.165, 1.54) is 0 Å². The Morgan fingerprint density at radius 1 is 1.50 bits per heavy atom. The molecule has 0 aliphatic carbocycles. The van der Waals surface area contributed by atoms with Crippen molar-refractivity contribution in [1.82, 2.24) is 0 Å². The van der Waals surface area contributed by atoms with E-state index >= 15 is 0 Å². The molecule has 0 unspecified atom stereocenters. The van der Waals surface area contributed by atoms with Crippen molar-refractivity contribution >= 4 is 11.6 Å². The minimum absolute atomic E-state index is 0.309. The van der Waals surface area contributed by atoms with Crippen LogP contribution in [0.2, 0.25) is 0 Å². The van der Waals surface area contributed by atoms with Gasteiger partial charge in [0.2, 0.25) is 0 Å². The van der Waals surface area contributed by atoms with Crippen LogP contribution in [0.25, 0.3) is 0 Å². The third kappa shape index (κ3) is 2.02. The van der Waals surface area contributed by atoms with Gasteiger partial charge in [0.15, 0.2) is 0 Å². The van der Waals surface area contributed by atoms with E-state index in [9.17, 15) is 5.11 Å². The highest BCUT2D eigenvalue weighted by Gasteiger charge is 1.99. The van der Waals surface area contributed by atoms with Gasteiger partial charge in [-0.2, -0.15) is 0 Å². The van der Waals surface area contributed by atoms with Crippen molar-refractivity contribution in [3.05, 3.63) is 42.0 Å². The quantitative estimate of drug-likeness (QED) is 0.563. The summed E-state index contributed by atoms with van der Waals surface area (Å²) in [7, 11) is 0. The van der Waals surface area contributed by atoms with E-state index < -0.39 is 0 Å². The Morgan fingerprint density at radius 3 is 2.83 bits per heavy atom. The third-order valence-electron chi connectivity index (χ3n) is 1.66. The van der Waals surface area contributed by atoms with Gasteiger partial charge in [0.05, 0.1) is 0 Å². The van der Waals surface area contributed by atoms with Gasteiger partial charge in [-0.25, -0.2) is 0 Å². The number of halogens is 1. The molecule has 0 bridgehead atoms. The van der Waals surface area contributed by atoms with Crippen LogP contribution in [0, 0.1) is 0 Å². The highest BCUT2D eigenvalue weighted by molar-refractivity contribution is 6.17. The number of rotatable bonds is 3. The van der Waals surface area contributed by atoms with Gasteiger partial charge in [0, 0.05) is 5.88 Å². The van der Waals surface area contributed by atoms with E-state index in [1.54, 1.807) is 12.1 Å². The molecular formula is C10H11ClO. The molecule has 0 radical (unpaired) electrons. The van der Waals surface area contributed by atoms with Crippen LogP contribution in [0.4, 0.5) is 0 Å². The molecule has 1 rings (SSSR count). The monoisotopic (exact) mass is 182 g/mol. The minimum atomic E-state index is 0.309. The van der Waals surface area contributed by atoms with Gasteiger partial charge in [-0.05, 0) is 23.6 Å². The zero-order chi connectivity index (χ0) is 8.97. The van der Waals surface area contributed by atoms with Crippen LogP contribution in [0.5, 0.6) is 5.75 Å². The lowest BCUT2D eigenvalue weighted by Gasteiger charge is -2.02. The molecule has 0 fully saturated rings. The average Bonchev–Trinajstić information content (AvgIpc) is 2.09. The lowest BCUT2D eigenvalue weighted by molar-refractivity contribution is 0.469. The van der Waals surface area contributed by atoms with Crippen LogP contribution >= 0.6 is 11.6 Å². The standard InChI is InChI=1S/C10H11ClO/c1-2-3-9-6-8(7-11)4-5-10(9)12/h2,4-6,12H,1,3,7H2. The zero-order valence-corrected chi connectivity index (χ0v) is 7.51. The molecule has 1 nitrogen and oxygen atoms in total. The number of allylic oxidation sites excluding steroid dienone is 1. The first-order chi connectivity index (χ1) is 5.77. The molecule has 0 atom stereocenters. The fraction of sp³-hybridized carbons (Fsp3) is 0.200. The Hall–Kier alpha value is -0.950. The third-order valence-corrected chi connectivity index (χ3v) is 1.97. The highest BCUT2D eigenvalue weighted by Crippen LogP contribution is 2.20. The first-order valence-electron chi connectivity index (χ1n) is 3.75. The minimum Gasteiger partial charge on any atom is -0.508 e. The smallest absolute Gasteiger partial charge is 0.119 e. The molecule has 0 saturated carbocycles. The van der Waals surface area contributed by atoms with Crippen molar-refractivity contribution in [3.8, 4) is 5.75 Å². The molecule has 0 heterocycles. The fourth-order valence-electron chi connectivity index (χ4n) is 1.04. The molecule has 1 aromatic carbocycles. The van der Waals surface area contributed by atoms with Gasteiger partial charge >= 0.3 is 0 Å². The Morgan fingerprint density at radius 2 is 2.25 bits per heavy atom. The van der Waals surface area contributed by atoms with Gasteiger partial charge in [-0.1, -0.05) is 18.2 Å². The summed E-state index contributed by atoms with van der Waals surface area (Å²) in [6.07, 6.45) is 2.43. The molecular weight excluding hydrogens is 172 g/mol. The van der Waals surface area contributed by atoms with Gasteiger partial charge < -0.3 is 5.11 Å². The predicted molar refractivity (Wildman–Crippen MR) is 51.6 cm³/mol. The van der Waals surface area contributed by atoms with Crippen LogP contribution < -0.4 is 0 Å². The van der Waals surface area contributed by atoms with Crippen LogP contribution in [0.15, 0.2) is 30.9 Å². The molecule has 1 aromatic rings. The number of alkyl halides is 1. The maximum Gasteiger partial charge on any atom is 0.119 e. The summed E-state index contributed by atoms with van der Waals surface area (Å²) in [4.78, 5) is 0. The van der Waals surface area contributed by atoms with Gasteiger partial charge in [0.1, 0.15) is 5.75 Å². The molecule has 0 spiro atoms. The molecule has 0 amide bonds. The first kappa shape index (κ1) is 9.14. The molecule has 12 heavy (non-hydrogen) atoms. The second kappa shape index (κ2) is 4.17. The molecule has 1 N–H and O–H groups in total. The molecule has 0 aliphatic rings. The number of aromatic hydroxyl groups is 1. The molecule has 64 valence electrons. The summed E-state index contributed by atoms with van der Waals surface area (Å²) in [5.41, 5.74) is 1.90. The lowest BCUT2D eigenvalue weighted by Crippen LogP contribution is -1.85. The van der Waals surface area contributed by atoms with Crippen molar-refractivity contribution in [2.75, 3.05) is 0 Å². The number of phenolic OH excluding ortho intramolecular Hbond substituents is 1. The van der Waals surface area contributed by atoms with Crippen molar-refractivity contribution in [2.45, 2.75) is 12.3 Å². The average molecular weight is 183 g/mol. The fourth-order valence-corrected chi connectivity index (χ4v) is 1.21. The second-order valence-electron chi connectivity index (χ2n) is 2.59. The van der Waals surface area contributed by atoms with Crippen LogP contribution in [-0.2, 0) is 12.3 Å². The molecule has 2 heteroatoms. The Balaban J connectivity index is 2.99. The summed E-state index contributed by atoms with van der Waals surface area (Å²) in [6, 6.07) is 5.37. The first-order valence-corrected chi connectivity index (χ1v) is 4.29. The zero-order valence-electron chi connectivity index (χ0n) is 6.76. The molecule has 0 saturated heterocycles. The number of hydrogen-bond acceptors (Lipinski definition) is 1. The summed E-state index contributed by atoms with van der Waals surface area (Å²) in [5.74, 6) is 0.786. The van der Waals surface area contributed by atoms with Crippen molar-refractivity contribution < 1.29 is 5.11 Å². The van der Waals surface area contributed by atoms with E-state index in [0.717, 1.165) is 11.1 Å². The van der Waals surface area contributed by atoms with Crippen molar-refractivity contribution in [2.24, 2.45) is 0 Å². The van der Waals surface area contributed by atoms with Crippen LogP contribution in [0.3, 0.4) is 0 Å². The Labute approximate surface area is 77.3 Å². The largest absolute Gasteiger partial charge is 0.508 e. The van der Waals surface area contributed by atoms with E-state index in [4.69, 9.17) is 11.6 Å². The molecule has 0 aliphatic heterocycles. The summed E-state index contributed by atoms with van der Waals surface area (Å²) >= 11 is 5.64. The number of hydrogen-bond donors (Lipinski definition) is 1. The summed E-state index contributed by atoms with van der Waals surface area (Å²) in [6.45, 7) is 3.61. The van der Waals surface area contributed by atoms with Gasteiger partial charge in [-0.15, -0.1) is 18.2 Å². The topological polar surface area (TPSA) is 20.2 Å². The van der Waals surface area contributed by atoms with E-state index in [0.29, 0.717) is 18.1 Å². The maximum atomic E-state index is 9.37. The predicted octanol–water partition coefficient (Wildman–Crippen LogP) is 2.86. The van der Waals surface area contributed by atoms with Gasteiger partial charge in [0.25, 0.3) is 0 Å². The second-order valence-corrected chi connectivity index (χ2v) is 2.86. The SMILES string of the molecule is C=CCc1cc(CCl)ccc1O. The normalized spacial score (nSPS) is 9.75. The van der Waals surface area contributed by atoms with E-state index in [1.807, 2.05) is 12.1 Å². The number of benzene rings is 1. The van der Waals surface area contributed by atoms with Crippen LogP contribution in [-0.4, -0.2) is 5.11 Å². The van der Waals surface area contributed by atoms with Crippen LogP contribution in [0.1, 0.15) is 11.1 Å². The van der Waals surface area contributed by atoms with E-state index in [-0.39, 0.29) is 0 Å². The maximum absolute atomic E-state index is 9.37. The van der Waals surface area contributed by atoms with Crippen molar-refractivity contribution in [3.63, 3.8) is 0 Å². The summed E-state index contributed by atoms with van der Waals surface area (Å²) < 4.78 is 0. The summed E-state index contributed by atoms with van der Waals surface area (Å²) in [5, 5.41) is 9.37. The molecule has 0 aromatic heterocycles. The lowest BCUT2D eigenvalue weighted by atomic mass is 10.1. The highest BCUT2D eigenvalue weighted by atomic mass is 35.5. The Kier molecular flexibility index (Phi) is 3.18. The van der Waals surface area contributed by atoms with E-state index in [2.05, 4.69) is 6.58 Å². The van der Waals surface area contributed by atoms with Crippen molar-refractivity contribution in [1.29, 1.82) is 0 Å². The Bertz CT molecular complexity index is 281. The number of phenols is 1.